The van der Waals surface area contributed by atoms with Gasteiger partial charge in [-0.1, -0.05) is 12.1 Å². The number of hydrogen-bond donors (Lipinski definition) is 1. The number of benzene rings is 1. The van der Waals surface area contributed by atoms with Crippen LogP contribution in [-0.2, 0) is 4.74 Å². The number of rotatable bonds is 4. The SMILES string of the molecule is O=C1c2ccccc2C(=O)N1C[C@@H](O)CN1CCOCC1. The van der Waals surface area contributed by atoms with Crippen LogP contribution in [0.3, 0.4) is 0 Å². The van der Waals surface area contributed by atoms with Crippen molar-refractivity contribution >= 4 is 11.8 Å². The summed E-state index contributed by atoms with van der Waals surface area (Å²) in [4.78, 5) is 27.6. The molecule has 1 N–H and O–H groups in total. The van der Waals surface area contributed by atoms with Gasteiger partial charge in [0, 0.05) is 19.6 Å². The van der Waals surface area contributed by atoms with Gasteiger partial charge < -0.3 is 9.84 Å². The number of aliphatic hydroxyl groups is 1. The Bertz CT molecular complexity index is 519. The molecule has 0 radical (unpaired) electrons. The molecule has 0 aromatic heterocycles. The Balaban J connectivity index is 1.63. The van der Waals surface area contributed by atoms with Gasteiger partial charge in [0.2, 0.25) is 0 Å². The molecule has 1 saturated heterocycles. The molecule has 6 heteroatoms. The first-order valence-corrected chi connectivity index (χ1v) is 7.10. The lowest BCUT2D eigenvalue weighted by molar-refractivity contribution is 0.00800. The van der Waals surface area contributed by atoms with E-state index in [1.165, 1.54) is 0 Å². The van der Waals surface area contributed by atoms with E-state index in [2.05, 4.69) is 4.90 Å². The number of carbonyl (C=O) groups is 2. The number of amides is 2. The fourth-order valence-electron chi connectivity index (χ4n) is 2.76. The molecule has 1 fully saturated rings. The number of fused-ring (bicyclic) bond motifs is 1. The molecule has 1 aromatic rings. The predicted molar refractivity (Wildman–Crippen MR) is 75.1 cm³/mol. The zero-order valence-electron chi connectivity index (χ0n) is 11.7. The highest BCUT2D eigenvalue weighted by Gasteiger charge is 2.36. The van der Waals surface area contributed by atoms with E-state index in [4.69, 9.17) is 4.74 Å². The topological polar surface area (TPSA) is 70.1 Å². The Morgan fingerprint density at radius 2 is 1.62 bits per heavy atom. The van der Waals surface area contributed by atoms with Gasteiger partial charge in [0.1, 0.15) is 0 Å². The van der Waals surface area contributed by atoms with Gasteiger partial charge in [-0.25, -0.2) is 0 Å². The zero-order chi connectivity index (χ0) is 14.8. The second-order valence-electron chi connectivity index (χ2n) is 5.33. The van der Waals surface area contributed by atoms with Crippen LogP contribution in [0.4, 0.5) is 0 Å². The first-order valence-electron chi connectivity index (χ1n) is 7.10. The Labute approximate surface area is 122 Å². The average Bonchev–Trinajstić information content (AvgIpc) is 2.74. The third-order valence-corrected chi connectivity index (χ3v) is 3.84. The highest BCUT2D eigenvalue weighted by molar-refractivity contribution is 6.21. The van der Waals surface area contributed by atoms with Gasteiger partial charge in [0.25, 0.3) is 11.8 Å². The highest BCUT2D eigenvalue weighted by Crippen LogP contribution is 2.22. The van der Waals surface area contributed by atoms with Crippen LogP contribution in [0, 0.1) is 0 Å². The molecule has 112 valence electrons. The molecule has 2 heterocycles. The standard InChI is InChI=1S/C15H18N2O4/c18-11(9-16-5-7-21-8-6-16)10-17-14(19)12-3-1-2-4-13(12)15(17)20/h1-4,11,18H,5-10H2/t11-/m0/s1. The van der Waals surface area contributed by atoms with Crippen LogP contribution in [0.2, 0.25) is 0 Å². The molecule has 0 unspecified atom stereocenters. The highest BCUT2D eigenvalue weighted by atomic mass is 16.5. The summed E-state index contributed by atoms with van der Waals surface area (Å²) < 4.78 is 5.25. The summed E-state index contributed by atoms with van der Waals surface area (Å²) >= 11 is 0. The zero-order valence-corrected chi connectivity index (χ0v) is 11.7. The largest absolute Gasteiger partial charge is 0.390 e. The number of imide groups is 1. The Morgan fingerprint density at radius 1 is 1.05 bits per heavy atom. The van der Waals surface area contributed by atoms with Crippen molar-refractivity contribution in [2.75, 3.05) is 39.4 Å². The molecule has 0 bridgehead atoms. The van der Waals surface area contributed by atoms with Crippen molar-refractivity contribution in [3.8, 4) is 0 Å². The van der Waals surface area contributed by atoms with Crippen LogP contribution in [0.1, 0.15) is 20.7 Å². The molecule has 6 nitrogen and oxygen atoms in total. The second-order valence-corrected chi connectivity index (χ2v) is 5.33. The van der Waals surface area contributed by atoms with Gasteiger partial charge in [-0.05, 0) is 12.1 Å². The number of ether oxygens (including phenoxy) is 1. The lowest BCUT2D eigenvalue weighted by Crippen LogP contribution is -2.45. The van der Waals surface area contributed by atoms with Crippen molar-refractivity contribution in [2.45, 2.75) is 6.10 Å². The maximum absolute atomic E-state index is 12.2. The average molecular weight is 290 g/mol. The summed E-state index contributed by atoms with van der Waals surface area (Å²) in [5.41, 5.74) is 0.835. The monoisotopic (exact) mass is 290 g/mol. The normalized spacial score (nSPS) is 20.7. The van der Waals surface area contributed by atoms with Gasteiger partial charge in [-0.2, -0.15) is 0 Å². The number of aliphatic hydroxyl groups excluding tert-OH is 1. The van der Waals surface area contributed by atoms with Gasteiger partial charge in [0.15, 0.2) is 0 Å². The first-order chi connectivity index (χ1) is 10.2. The fourth-order valence-corrected chi connectivity index (χ4v) is 2.76. The summed E-state index contributed by atoms with van der Waals surface area (Å²) in [6.45, 7) is 3.30. The van der Waals surface area contributed by atoms with E-state index in [0.29, 0.717) is 30.9 Å². The van der Waals surface area contributed by atoms with Gasteiger partial charge in [0.05, 0.1) is 37.0 Å². The second kappa shape index (κ2) is 5.93. The number of hydrogen-bond acceptors (Lipinski definition) is 5. The first kappa shape index (κ1) is 14.2. The smallest absolute Gasteiger partial charge is 0.261 e. The molecule has 2 aliphatic rings. The van der Waals surface area contributed by atoms with Crippen LogP contribution < -0.4 is 0 Å². The molecular formula is C15H18N2O4. The Kier molecular flexibility index (Phi) is 4.01. The molecule has 0 aliphatic carbocycles. The van der Waals surface area contributed by atoms with Crippen molar-refractivity contribution in [3.05, 3.63) is 35.4 Å². The van der Waals surface area contributed by atoms with Crippen molar-refractivity contribution in [1.82, 2.24) is 9.80 Å². The van der Waals surface area contributed by atoms with Crippen LogP contribution in [0.5, 0.6) is 0 Å². The van der Waals surface area contributed by atoms with E-state index >= 15 is 0 Å². The third kappa shape index (κ3) is 2.83. The van der Waals surface area contributed by atoms with E-state index in [1.807, 2.05) is 0 Å². The fraction of sp³-hybridized carbons (Fsp3) is 0.467. The molecule has 2 aliphatic heterocycles. The summed E-state index contributed by atoms with van der Waals surface area (Å²) in [6, 6.07) is 6.75. The van der Waals surface area contributed by atoms with Crippen LogP contribution >= 0.6 is 0 Å². The van der Waals surface area contributed by atoms with Crippen molar-refractivity contribution in [1.29, 1.82) is 0 Å². The molecule has 1 aromatic carbocycles. The Morgan fingerprint density at radius 3 is 2.19 bits per heavy atom. The van der Waals surface area contributed by atoms with Crippen LogP contribution in [0.25, 0.3) is 0 Å². The predicted octanol–water partition coefficient (Wildman–Crippen LogP) is -0.0243. The van der Waals surface area contributed by atoms with E-state index in [-0.39, 0.29) is 18.4 Å². The van der Waals surface area contributed by atoms with E-state index in [1.54, 1.807) is 24.3 Å². The molecule has 1 atom stereocenters. The van der Waals surface area contributed by atoms with E-state index < -0.39 is 6.10 Å². The van der Waals surface area contributed by atoms with Crippen molar-refractivity contribution in [2.24, 2.45) is 0 Å². The molecular weight excluding hydrogens is 272 g/mol. The Hall–Kier alpha value is -1.76. The lowest BCUT2D eigenvalue weighted by atomic mass is 10.1. The van der Waals surface area contributed by atoms with Gasteiger partial charge >= 0.3 is 0 Å². The lowest BCUT2D eigenvalue weighted by Gasteiger charge is -2.29. The van der Waals surface area contributed by atoms with Crippen LogP contribution in [-0.4, -0.2) is 72.2 Å². The summed E-state index contributed by atoms with van der Waals surface area (Å²) in [5, 5.41) is 10.1. The van der Waals surface area contributed by atoms with Gasteiger partial charge in [-0.15, -0.1) is 0 Å². The minimum Gasteiger partial charge on any atom is -0.390 e. The molecule has 3 rings (SSSR count). The summed E-state index contributed by atoms with van der Waals surface area (Å²) in [7, 11) is 0. The quantitative estimate of drug-likeness (QED) is 0.789. The minimum absolute atomic E-state index is 0.0315. The van der Waals surface area contributed by atoms with Crippen LogP contribution in [0.15, 0.2) is 24.3 Å². The summed E-state index contributed by atoms with van der Waals surface area (Å²) in [6.07, 6.45) is -0.745. The molecule has 0 spiro atoms. The maximum Gasteiger partial charge on any atom is 0.261 e. The molecule has 0 saturated carbocycles. The number of carbonyl (C=O) groups excluding carboxylic acids is 2. The number of β-amino-alcohol motifs (C(OH)–C–C–N with tert-alkyl or cyclic N) is 1. The maximum atomic E-state index is 12.2. The van der Waals surface area contributed by atoms with Crippen molar-refractivity contribution < 1.29 is 19.4 Å². The molecule has 21 heavy (non-hydrogen) atoms. The minimum atomic E-state index is -0.745. The van der Waals surface area contributed by atoms with E-state index in [9.17, 15) is 14.7 Å². The van der Waals surface area contributed by atoms with Crippen molar-refractivity contribution in [3.63, 3.8) is 0 Å². The molecule has 2 amide bonds. The number of nitrogens with zero attached hydrogens (tertiary/aromatic N) is 2. The van der Waals surface area contributed by atoms with Gasteiger partial charge in [-0.3, -0.25) is 19.4 Å². The third-order valence-electron chi connectivity index (χ3n) is 3.84. The van der Waals surface area contributed by atoms with E-state index in [0.717, 1.165) is 18.0 Å². The number of morpholine rings is 1. The summed E-state index contributed by atoms with van der Waals surface area (Å²) in [5.74, 6) is -0.645.